The fourth-order valence-corrected chi connectivity index (χ4v) is 10.0. The number of ether oxygens (including phenoxy) is 3. The monoisotopic (exact) mass is 1030 g/mol. The van der Waals surface area contributed by atoms with Crippen molar-refractivity contribution in [2.45, 2.75) is 374 Å². The van der Waals surface area contributed by atoms with Gasteiger partial charge in [0, 0.05) is 19.3 Å². The Morgan fingerprint density at radius 3 is 0.753 bits per heavy atom. The van der Waals surface area contributed by atoms with Gasteiger partial charge >= 0.3 is 17.9 Å². The standard InChI is InChI=1S/C67H126O6/c1-4-7-10-13-16-18-20-22-24-25-26-27-28-29-30-31-32-33-34-35-36-37-38-39-40-41-43-44-46-48-51-54-57-60-66(69)72-63-64(62-71-65(68)59-56-53-50-15-12-9-6-3)73-67(70)61-58-55-52-49-47-45-42-23-21-19-17-14-11-8-5-2/h20,22,25-26,64H,4-19,21,23-24,27-63H2,1-3H3/b22-20-,26-25-. The Balaban J connectivity index is 3.93. The zero-order valence-corrected chi connectivity index (χ0v) is 49.4. The molecule has 73 heavy (non-hydrogen) atoms. The van der Waals surface area contributed by atoms with Crippen molar-refractivity contribution >= 4 is 17.9 Å². The van der Waals surface area contributed by atoms with Gasteiger partial charge in [-0.2, -0.15) is 0 Å². The lowest BCUT2D eigenvalue weighted by molar-refractivity contribution is -0.167. The molecule has 0 aromatic heterocycles. The van der Waals surface area contributed by atoms with E-state index in [-0.39, 0.29) is 31.1 Å². The number of rotatable bonds is 61. The number of carbonyl (C=O) groups is 3. The van der Waals surface area contributed by atoms with E-state index in [9.17, 15) is 14.4 Å². The van der Waals surface area contributed by atoms with E-state index in [0.29, 0.717) is 19.3 Å². The average molecular weight is 1030 g/mol. The van der Waals surface area contributed by atoms with Crippen molar-refractivity contribution in [1.82, 2.24) is 0 Å². The van der Waals surface area contributed by atoms with Gasteiger partial charge < -0.3 is 14.2 Å². The molecular weight excluding hydrogens is 901 g/mol. The maximum Gasteiger partial charge on any atom is 0.306 e. The summed E-state index contributed by atoms with van der Waals surface area (Å²) in [6, 6.07) is 0. The van der Waals surface area contributed by atoms with Gasteiger partial charge in [0.2, 0.25) is 0 Å². The second-order valence-corrected chi connectivity index (χ2v) is 22.4. The van der Waals surface area contributed by atoms with Gasteiger partial charge in [-0.1, -0.05) is 321 Å². The molecule has 1 unspecified atom stereocenters. The van der Waals surface area contributed by atoms with Gasteiger partial charge in [0.05, 0.1) is 0 Å². The predicted octanol–water partition coefficient (Wildman–Crippen LogP) is 22.2. The van der Waals surface area contributed by atoms with Crippen LogP contribution in [0, 0.1) is 0 Å². The van der Waals surface area contributed by atoms with Crippen LogP contribution in [0.2, 0.25) is 0 Å². The summed E-state index contributed by atoms with van der Waals surface area (Å²) < 4.78 is 16.8. The quantitative estimate of drug-likeness (QED) is 0.0261. The first-order valence-electron chi connectivity index (χ1n) is 32.8. The van der Waals surface area contributed by atoms with Gasteiger partial charge in [0.25, 0.3) is 0 Å². The Morgan fingerprint density at radius 1 is 0.274 bits per heavy atom. The molecule has 0 aliphatic carbocycles. The van der Waals surface area contributed by atoms with E-state index in [0.717, 1.165) is 64.2 Å². The van der Waals surface area contributed by atoms with Crippen LogP contribution in [0.4, 0.5) is 0 Å². The van der Waals surface area contributed by atoms with Crippen molar-refractivity contribution in [2.75, 3.05) is 13.2 Å². The van der Waals surface area contributed by atoms with Crippen LogP contribution in [0.3, 0.4) is 0 Å². The third kappa shape index (κ3) is 60.6. The Morgan fingerprint density at radius 2 is 0.493 bits per heavy atom. The molecule has 6 heteroatoms. The average Bonchev–Trinajstić information content (AvgIpc) is 3.39. The topological polar surface area (TPSA) is 78.9 Å². The molecule has 0 radical (unpaired) electrons. The van der Waals surface area contributed by atoms with Crippen LogP contribution in [0.1, 0.15) is 367 Å². The van der Waals surface area contributed by atoms with E-state index in [2.05, 4.69) is 45.1 Å². The third-order valence-electron chi connectivity index (χ3n) is 15.0. The largest absolute Gasteiger partial charge is 0.462 e. The van der Waals surface area contributed by atoms with Crippen LogP contribution in [-0.2, 0) is 28.6 Å². The molecule has 0 aliphatic heterocycles. The summed E-state index contributed by atoms with van der Waals surface area (Å²) in [7, 11) is 0. The van der Waals surface area contributed by atoms with Gasteiger partial charge in [0.1, 0.15) is 13.2 Å². The number of esters is 3. The summed E-state index contributed by atoms with van der Waals surface area (Å²) in [4.78, 5) is 38.0. The number of allylic oxidation sites excluding steroid dienone is 4. The van der Waals surface area contributed by atoms with Crippen LogP contribution in [0.25, 0.3) is 0 Å². The minimum absolute atomic E-state index is 0.0641. The van der Waals surface area contributed by atoms with Crippen molar-refractivity contribution in [3.63, 3.8) is 0 Å². The zero-order valence-electron chi connectivity index (χ0n) is 49.4. The van der Waals surface area contributed by atoms with Gasteiger partial charge in [0.15, 0.2) is 6.10 Å². The summed E-state index contributed by atoms with van der Waals surface area (Å²) in [6.45, 7) is 6.65. The van der Waals surface area contributed by atoms with Crippen molar-refractivity contribution in [3.05, 3.63) is 24.3 Å². The maximum atomic E-state index is 12.8. The van der Waals surface area contributed by atoms with Crippen molar-refractivity contribution in [1.29, 1.82) is 0 Å². The minimum atomic E-state index is -0.763. The summed E-state index contributed by atoms with van der Waals surface area (Å²) >= 11 is 0. The van der Waals surface area contributed by atoms with Gasteiger partial charge in [-0.15, -0.1) is 0 Å². The minimum Gasteiger partial charge on any atom is -0.462 e. The highest BCUT2D eigenvalue weighted by Crippen LogP contribution is 2.18. The highest BCUT2D eigenvalue weighted by molar-refractivity contribution is 5.71. The molecule has 0 amide bonds. The maximum absolute atomic E-state index is 12.8. The van der Waals surface area contributed by atoms with Crippen molar-refractivity contribution < 1.29 is 28.6 Å². The molecule has 0 aliphatic rings. The number of hydrogen-bond donors (Lipinski definition) is 0. The second kappa shape index (κ2) is 62.4. The van der Waals surface area contributed by atoms with E-state index in [4.69, 9.17) is 14.2 Å². The Labute approximate surface area is 455 Å². The molecule has 430 valence electrons. The predicted molar refractivity (Wildman–Crippen MR) is 316 cm³/mol. The number of carbonyl (C=O) groups excluding carboxylic acids is 3. The molecule has 0 spiro atoms. The first-order valence-corrected chi connectivity index (χ1v) is 32.8. The first-order chi connectivity index (χ1) is 36.0. The van der Waals surface area contributed by atoms with Crippen molar-refractivity contribution in [3.8, 4) is 0 Å². The Kier molecular flexibility index (Phi) is 60.6. The molecule has 0 saturated carbocycles. The molecule has 0 saturated heterocycles. The molecule has 1 atom stereocenters. The fraction of sp³-hybridized carbons (Fsp3) is 0.896. The molecule has 0 N–H and O–H groups in total. The van der Waals surface area contributed by atoms with Gasteiger partial charge in [-0.05, 0) is 51.4 Å². The SMILES string of the molecule is CCCCCCC/C=C\C/C=C\CCCCCCCCCCCCCCCCCCCCCCCC(=O)OCC(COC(=O)CCCCCCCCC)OC(=O)CCCCCCCCCCCCCCCCC. The zero-order chi connectivity index (χ0) is 52.9. The molecule has 0 rings (SSSR count). The highest BCUT2D eigenvalue weighted by Gasteiger charge is 2.19. The van der Waals surface area contributed by atoms with Crippen LogP contribution in [0.5, 0.6) is 0 Å². The lowest BCUT2D eigenvalue weighted by Crippen LogP contribution is -2.30. The van der Waals surface area contributed by atoms with Crippen LogP contribution >= 0.6 is 0 Å². The number of unbranched alkanes of at least 4 members (excludes halogenated alkanes) is 46. The molecular formula is C67H126O6. The Hall–Kier alpha value is -2.11. The molecule has 0 aromatic rings. The third-order valence-corrected chi connectivity index (χ3v) is 15.0. The normalized spacial score (nSPS) is 12.1. The first kappa shape index (κ1) is 70.9. The van der Waals surface area contributed by atoms with Crippen LogP contribution < -0.4 is 0 Å². The molecule has 0 bridgehead atoms. The molecule has 0 heterocycles. The van der Waals surface area contributed by atoms with Gasteiger partial charge in [-0.25, -0.2) is 0 Å². The smallest absolute Gasteiger partial charge is 0.306 e. The molecule has 0 fully saturated rings. The van der Waals surface area contributed by atoms with Crippen LogP contribution in [-0.4, -0.2) is 37.2 Å². The lowest BCUT2D eigenvalue weighted by atomic mass is 10.0. The van der Waals surface area contributed by atoms with E-state index in [1.165, 1.54) is 263 Å². The van der Waals surface area contributed by atoms with Crippen molar-refractivity contribution in [2.24, 2.45) is 0 Å². The van der Waals surface area contributed by atoms with E-state index < -0.39 is 6.10 Å². The van der Waals surface area contributed by atoms with E-state index in [1.807, 2.05) is 0 Å². The summed E-state index contributed by atoms with van der Waals surface area (Å²) in [5, 5.41) is 0. The summed E-state index contributed by atoms with van der Waals surface area (Å²) in [6.07, 6.45) is 75.2. The van der Waals surface area contributed by atoms with E-state index in [1.54, 1.807) is 0 Å². The number of hydrogen-bond acceptors (Lipinski definition) is 6. The van der Waals surface area contributed by atoms with E-state index >= 15 is 0 Å². The fourth-order valence-electron chi connectivity index (χ4n) is 10.0. The molecule has 0 aromatic carbocycles. The van der Waals surface area contributed by atoms with Crippen LogP contribution in [0.15, 0.2) is 24.3 Å². The Bertz CT molecular complexity index is 1180. The molecule has 6 nitrogen and oxygen atoms in total. The van der Waals surface area contributed by atoms with Gasteiger partial charge in [-0.3, -0.25) is 14.4 Å². The lowest BCUT2D eigenvalue weighted by Gasteiger charge is -2.18. The summed E-state index contributed by atoms with van der Waals surface area (Å²) in [5.41, 5.74) is 0. The summed E-state index contributed by atoms with van der Waals surface area (Å²) in [5.74, 6) is -0.846. The second-order valence-electron chi connectivity index (χ2n) is 22.4. The highest BCUT2D eigenvalue weighted by atomic mass is 16.6.